The molecule has 0 aliphatic carbocycles. The molecule has 2 aliphatic rings. The summed E-state index contributed by atoms with van der Waals surface area (Å²) in [6.45, 7) is -0.152. The lowest BCUT2D eigenvalue weighted by Crippen LogP contribution is -2.79. The largest absolute Gasteiger partial charge is 0.490 e. The number of ether oxygens (including phenoxy) is 3. The smallest absolute Gasteiger partial charge is 0.446 e. The number of carbonyl (C=O) groups excluding carboxylic acids is 3. The molecule has 1 fully saturated rings. The van der Waals surface area contributed by atoms with E-state index < -0.39 is 51.3 Å². The highest BCUT2D eigenvalue weighted by Crippen LogP contribution is 2.43. The van der Waals surface area contributed by atoms with Crippen LogP contribution in [0.1, 0.15) is 24.8 Å². The lowest BCUT2D eigenvalue weighted by atomic mass is 10.0. The highest BCUT2D eigenvalue weighted by atomic mass is 32.3. The summed E-state index contributed by atoms with van der Waals surface area (Å²) in [4.78, 5) is 50.1. The van der Waals surface area contributed by atoms with Crippen molar-refractivity contribution in [2.24, 2.45) is 5.73 Å². The summed E-state index contributed by atoms with van der Waals surface area (Å²) in [5.41, 5.74) is 4.92. The number of amides is 2. The highest BCUT2D eigenvalue weighted by molar-refractivity contribution is 8.00. The Bertz CT molecular complexity index is 1350. The molecule has 0 aromatic heterocycles. The fraction of sp³-hybridized carbons (Fsp3) is 0.417. The molecule has 0 spiro atoms. The van der Waals surface area contributed by atoms with E-state index in [0.29, 0.717) is 16.9 Å². The van der Waals surface area contributed by atoms with E-state index in [1.54, 1.807) is 0 Å². The number of aliphatic carboxylic acids is 1. The van der Waals surface area contributed by atoms with Crippen LogP contribution in [0.25, 0.3) is 6.08 Å². The first-order valence-corrected chi connectivity index (χ1v) is 14.4. The van der Waals surface area contributed by atoms with Crippen LogP contribution in [0.5, 0.6) is 5.75 Å². The SMILES string of the molecule is COC(=Cc1ccc(OS(=O)(=O)O)cc1)C(=O)OCC1=CN2C(=O)[C@](NC(=O)CCCC(N)C(=O)O)(OC)[C@@H]2SC1. The monoisotopic (exact) mass is 615 g/mol. The first-order valence-electron chi connectivity index (χ1n) is 12.0. The molecule has 0 radical (unpaired) electrons. The Morgan fingerprint density at radius 2 is 1.95 bits per heavy atom. The van der Waals surface area contributed by atoms with Crippen molar-refractivity contribution < 1.29 is 55.6 Å². The van der Waals surface area contributed by atoms with Gasteiger partial charge in [0.1, 0.15) is 23.8 Å². The van der Waals surface area contributed by atoms with E-state index >= 15 is 0 Å². The number of thioether (sulfide) groups is 1. The normalized spacial score (nSPS) is 21.1. The van der Waals surface area contributed by atoms with Gasteiger partial charge in [0.2, 0.25) is 11.7 Å². The number of hydrogen-bond acceptors (Lipinski definition) is 12. The summed E-state index contributed by atoms with van der Waals surface area (Å²) in [7, 11) is -2.11. The zero-order valence-corrected chi connectivity index (χ0v) is 23.6. The number of fused-ring (bicyclic) bond motifs is 1. The Hall–Kier alpha value is -3.64. The van der Waals surface area contributed by atoms with Gasteiger partial charge in [0.25, 0.3) is 11.6 Å². The zero-order valence-electron chi connectivity index (χ0n) is 22.0. The first-order chi connectivity index (χ1) is 19.3. The van der Waals surface area contributed by atoms with Crippen LogP contribution in [0, 0.1) is 0 Å². The van der Waals surface area contributed by atoms with Crippen molar-refractivity contribution in [1.29, 1.82) is 0 Å². The van der Waals surface area contributed by atoms with E-state index in [-0.39, 0.29) is 37.4 Å². The summed E-state index contributed by atoms with van der Waals surface area (Å²) < 4.78 is 50.5. The number of nitrogens with one attached hydrogen (secondary N) is 1. The van der Waals surface area contributed by atoms with Crippen LogP contribution < -0.4 is 15.2 Å². The maximum Gasteiger partial charge on any atom is 0.446 e. The molecule has 41 heavy (non-hydrogen) atoms. The number of hydrogen-bond donors (Lipinski definition) is 4. The summed E-state index contributed by atoms with van der Waals surface area (Å²) in [6, 6.07) is 4.30. The summed E-state index contributed by atoms with van der Waals surface area (Å²) in [5, 5.41) is 10.9. The van der Waals surface area contributed by atoms with Gasteiger partial charge in [-0.05, 0) is 42.2 Å². The van der Waals surface area contributed by atoms with Gasteiger partial charge in [0, 0.05) is 25.5 Å². The second-order valence-electron chi connectivity index (χ2n) is 8.86. The number of methoxy groups -OCH3 is 2. The van der Waals surface area contributed by atoms with E-state index in [1.165, 1.54) is 67.4 Å². The highest BCUT2D eigenvalue weighted by Gasteiger charge is 2.63. The lowest BCUT2D eigenvalue weighted by molar-refractivity contribution is -0.189. The van der Waals surface area contributed by atoms with E-state index in [2.05, 4.69) is 9.50 Å². The molecule has 1 aromatic carbocycles. The summed E-state index contributed by atoms with van der Waals surface area (Å²) in [5.74, 6) is -2.89. The van der Waals surface area contributed by atoms with Gasteiger partial charge in [0.15, 0.2) is 0 Å². The molecular formula is C24H29N3O12S2. The minimum Gasteiger partial charge on any atom is -0.490 e. The fourth-order valence-corrected chi connectivity index (χ4v) is 5.60. The predicted octanol–water partition coefficient (Wildman–Crippen LogP) is 0.239. The number of carboxylic acids is 1. The van der Waals surface area contributed by atoms with E-state index in [1.807, 2.05) is 0 Å². The van der Waals surface area contributed by atoms with Crippen molar-refractivity contribution in [2.75, 3.05) is 26.6 Å². The number of esters is 1. The predicted molar refractivity (Wildman–Crippen MR) is 143 cm³/mol. The molecule has 1 saturated heterocycles. The topological polar surface area (TPSA) is 221 Å². The van der Waals surface area contributed by atoms with Crippen LogP contribution >= 0.6 is 11.8 Å². The third-order valence-electron chi connectivity index (χ3n) is 5.97. The average molecular weight is 616 g/mol. The molecule has 1 aromatic rings. The maximum atomic E-state index is 12.9. The van der Waals surface area contributed by atoms with Gasteiger partial charge in [-0.25, -0.2) is 4.79 Å². The van der Waals surface area contributed by atoms with Crippen LogP contribution in [0.4, 0.5) is 0 Å². The van der Waals surface area contributed by atoms with Crippen molar-refractivity contribution in [3.63, 3.8) is 0 Å². The zero-order chi connectivity index (χ0) is 30.4. The number of rotatable bonds is 14. The third kappa shape index (κ3) is 7.98. The molecule has 5 N–H and O–H groups in total. The molecule has 224 valence electrons. The summed E-state index contributed by atoms with van der Waals surface area (Å²) >= 11 is 1.29. The van der Waals surface area contributed by atoms with Crippen molar-refractivity contribution in [3.05, 3.63) is 47.4 Å². The van der Waals surface area contributed by atoms with Crippen molar-refractivity contribution in [3.8, 4) is 5.75 Å². The Balaban J connectivity index is 1.56. The van der Waals surface area contributed by atoms with Crippen molar-refractivity contribution in [1.82, 2.24) is 10.2 Å². The third-order valence-corrected chi connectivity index (χ3v) is 7.79. The Morgan fingerprint density at radius 1 is 1.27 bits per heavy atom. The number of carbonyl (C=O) groups is 4. The van der Waals surface area contributed by atoms with Gasteiger partial charge >= 0.3 is 22.3 Å². The van der Waals surface area contributed by atoms with Gasteiger partial charge in [-0.2, -0.15) is 8.42 Å². The van der Waals surface area contributed by atoms with Gasteiger partial charge in [0.05, 0.1) is 7.11 Å². The molecule has 0 bridgehead atoms. The van der Waals surface area contributed by atoms with Gasteiger partial charge in [-0.3, -0.25) is 23.8 Å². The molecule has 2 aliphatic heterocycles. The molecule has 0 saturated carbocycles. The van der Waals surface area contributed by atoms with Crippen LogP contribution in [-0.4, -0.2) is 90.4 Å². The first kappa shape index (κ1) is 31.9. The van der Waals surface area contributed by atoms with Crippen LogP contribution in [0.3, 0.4) is 0 Å². The van der Waals surface area contributed by atoms with Gasteiger partial charge < -0.3 is 34.6 Å². The van der Waals surface area contributed by atoms with Crippen LogP contribution in [0.2, 0.25) is 0 Å². The minimum absolute atomic E-state index is 0.0361. The Kier molecular flexibility index (Phi) is 10.4. The standard InChI is InChI=1S/C24H29N3O12S2/c1-36-18(10-14-6-8-16(9-7-14)39-41(33,34)35)21(31)38-12-15-11-27-22(32)24(37-2,23(27)40-13-15)26-19(28)5-3-4-17(25)20(29)30/h6-11,17,23H,3-5,12-13,25H2,1-2H3,(H,26,28)(H,29,30)(H,33,34,35)/t17?,23-,24-/m0/s1. The average Bonchev–Trinajstić information content (AvgIpc) is 2.92. The second kappa shape index (κ2) is 13.3. The van der Waals surface area contributed by atoms with Crippen molar-refractivity contribution >= 4 is 52.0 Å². The quantitative estimate of drug-likeness (QED) is 0.0550. The Labute approximate surface area is 239 Å². The van der Waals surface area contributed by atoms with Crippen molar-refractivity contribution in [2.45, 2.75) is 36.4 Å². The molecule has 2 heterocycles. The lowest BCUT2D eigenvalue weighted by Gasteiger charge is -2.54. The molecule has 17 heteroatoms. The molecule has 1 unspecified atom stereocenters. The van der Waals surface area contributed by atoms with Gasteiger partial charge in [-0.1, -0.05) is 12.1 Å². The Morgan fingerprint density at radius 3 is 2.54 bits per heavy atom. The molecule has 3 rings (SSSR count). The molecule has 3 atom stereocenters. The van der Waals surface area contributed by atoms with Crippen LogP contribution in [-0.2, 0) is 43.8 Å². The van der Waals surface area contributed by atoms with E-state index in [4.69, 9.17) is 29.6 Å². The molecular weight excluding hydrogens is 586 g/mol. The fourth-order valence-electron chi connectivity index (χ4n) is 3.91. The minimum atomic E-state index is -4.67. The molecule has 15 nitrogen and oxygen atoms in total. The second-order valence-corrected chi connectivity index (χ2v) is 10.9. The van der Waals surface area contributed by atoms with Crippen LogP contribution in [0.15, 0.2) is 41.8 Å². The van der Waals surface area contributed by atoms with E-state index in [9.17, 15) is 27.6 Å². The summed E-state index contributed by atoms with van der Waals surface area (Å²) in [6.07, 6.45) is 3.16. The maximum absolute atomic E-state index is 12.9. The number of β-lactam (4-membered cyclic amide) rings is 1. The van der Waals surface area contributed by atoms with Gasteiger partial charge in [-0.15, -0.1) is 11.8 Å². The number of nitrogens with zero attached hydrogens (tertiary/aromatic N) is 1. The molecule has 2 amide bonds. The number of carboxylic acid groups (broad SMARTS) is 1. The van der Waals surface area contributed by atoms with E-state index in [0.717, 1.165) is 0 Å². The number of nitrogens with two attached hydrogens (primary N) is 1. The number of benzene rings is 1.